The molecular weight excluding hydrogens is 494 g/mol. The summed E-state index contributed by atoms with van der Waals surface area (Å²) >= 11 is 0. The molecule has 3 fully saturated rings. The first-order valence-corrected chi connectivity index (χ1v) is 12.2. The minimum atomic E-state index is -2.65. The molecule has 1 saturated carbocycles. The smallest absolute Gasteiger partial charge is 0.271 e. The van der Waals surface area contributed by atoms with Crippen LogP contribution < -0.4 is 15.1 Å². The molecule has 1 N–H and O–H groups in total. The van der Waals surface area contributed by atoms with Crippen LogP contribution in [0.4, 0.5) is 40.6 Å². The van der Waals surface area contributed by atoms with Crippen LogP contribution in [0.25, 0.3) is 0 Å². The molecule has 2 atom stereocenters. The maximum absolute atomic E-state index is 13.6. The number of fused-ring (bicyclic) bond motifs is 1. The van der Waals surface area contributed by atoms with Crippen molar-refractivity contribution < 1.29 is 27.3 Å². The van der Waals surface area contributed by atoms with Gasteiger partial charge in [-0.25, -0.2) is 22.5 Å². The molecular formula is C25H29F4N5O3. The van der Waals surface area contributed by atoms with Gasteiger partial charge in [0.25, 0.3) is 17.5 Å². The number of nitrogens with zero attached hydrogens (tertiary/aromatic N) is 4. The Morgan fingerprint density at radius 1 is 1.14 bits per heavy atom. The normalized spacial score (nSPS) is 21.9. The largest absolute Gasteiger partial charge is 0.370 e. The molecule has 5 rings (SSSR count). The fourth-order valence-corrected chi connectivity index (χ4v) is 5.01. The number of non-ortho nitro benzene ring substituents is 1. The SMILES string of the molecule is Cc1cc(NC(=O)c2ccc([N+](=O)[O-])cc2N2CCC3CC3C2)nc(N2CCC(F)(F)CC2)c1.FCF. The molecule has 37 heavy (non-hydrogen) atoms. The summed E-state index contributed by atoms with van der Waals surface area (Å²) in [6.45, 7) is 2.05. The summed E-state index contributed by atoms with van der Waals surface area (Å²) in [5, 5.41) is 14.2. The Morgan fingerprint density at radius 2 is 1.84 bits per heavy atom. The van der Waals surface area contributed by atoms with E-state index < -0.39 is 23.7 Å². The topological polar surface area (TPSA) is 91.6 Å². The number of anilines is 3. The summed E-state index contributed by atoms with van der Waals surface area (Å²) in [5.74, 6) is -0.873. The molecule has 1 aromatic carbocycles. The highest BCUT2D eigenvalue weighted by atomic mass is 19.3. The number of nitro groups is 1. The Hall–Kier alpha value is -3.44. The van der Waals surface area contributed by atoms with Crippen molar-refractivity contribution in [3.8, 4) is 0 Å². The standard InChI is InChI=1S/C24H27F2N5O3.CH2F2/c1-15-10-21(27-22(11-15)29-8-5-24(25,26)6-9-29)28-23(32)19-3-2-18(31(33)34)13-20(19)30-7-4-16-12-17(16)14-30;2-1-3/h2-3,10-11,13,16-17H,4-9,12,14H2,1H3,(H,27,28,32);1H2. The lowest BCUT2D eigenvalue weighted by molar-refractivity contribution is -0.384. The lowest BCUT2D eigenvalue weighted by Gasteiger charge is -2.33. The van der Waals surface area contributed by atoms with Crippen molar-refractivity contribution >= 4 is 28.9 Å². The lowest BCUT2D eigenvalue weighted by Crippen LogP contribution is -2.39. The number of rotatable bonds is 5. The van der Waals surface area contributed by atoms with Gasteiger partial charge in [-0.05, 0) is 55.4 Å². The Bertz CT molecular complexity index is 1160. The van der Waals surface area contributed by atoms with Crippen LogP contribution in [0, 0.1) is 28.9 Å². The Balaban J connectivity index is 0.00000102. The Kier molecular flexibility index (Phi) is 7.84. The third kappa shape index (κ3) is 6.47. The van der Waals surface area contributed by atoms with E-state index in [0.717, 1.165) is 31.0 Å². The van der Waals surface area contributed by atoms with Crippen LogP contribution in [0.2, 0.25) is 0 Å². The first-order valence-electron chi connectivity index (χ1n) is 12.2. The summed E-state index contributed by atoms with van der Waals surface area (Å²) in [6.07, 6.45) is 1.74. The van der Waals surface area contributed by atoms with Crippen molar-refractivity contribution in [2.75, 3.05) is 48.2 Å². The van der Waals surface area contributed by atoms with Crippen LogP contribution in [-0.2, 0) is 0 Å². The van der Waals surface area contributed by atoms with Crippen LogP contribution in [0.1, 0.15) is 41.6 Å². The summed E-state index contributed by atoms with van der Waals surface area (Å²) in [6, 6.07) is 7.84. The van der Waals surface area contributed by atoms with Crippen molar-refractivity contribution in [2.45, 2.75) is 38.5 Å². The fraction of sp³-hybridized carbons (Fsp3) is 0.520. The summed E-state index contributed by atoms with van der Waals surface area (Å²) in [7, 11) is 0. The molecule has 3 heterocycles. The second-order valence-electron chi connectivity index (χ2n) is 9.74. The van der Waals surface area contributed by atoms with Crippen LogP contribution in [0.5, 0.6) is 0 Å². The second-order valence-corrected chi connectivity index (χ2v) is 9.74. The molecule has 2 unspecified atom stereocenters. The zero-order valence-corrected chi connectivity index (χ0v) is 20.4. The third-order valence-electron chi connectivity index (χ3n) is 7.09. The number of aromatic nitrogens is 1. The van der Waals surface area contributed by atoms with E-state index in [0.29, 0.717) is 28.8 Å². The van der Waals surface area contributed by atoms with Gasteiger partial charge in [0, 0.05) is 51.2 Å². The molecule has 0 bridgehead atoms. The van der Waals surface area contributed by atoms with Gasteiger partial charge < -0.3 is 15.1 Å². The monoisotopic (exact) mass is 523 g/mol. The van der Waals surface area contributed by atoms with E-state index in [2.05, 4.69) is 15.2 Å². The van der Waals surface area contributed by atoms with E-state index in [-0.39, 0.29) is 31.6 Å². The molecule has 200 valence electrons. The summed E-state index contributed by atoms with van der Waals surface area (Å²) in [4.78, 5) is 32.6. The minimum absolute atomic E-state index is 0.0534. The molecule has 1 aliphatic carbocycles. The summed E-state index contributed by atoms with van der Waals surface area (Å²) in [5.41, 5.74) is 1.70. The maximum atomic E-state index is 13.6. The quantitative estimate of drug-likeness (QED) is 0.316. The number of carbonyl (C=O) groups excluding carboxylic acids is 1. The number of aryl methyl sites for hydroxylation is 1. The molecule has 0 spiro atoms. The van der Waals surface area contributed by atoms with Gasteiger partial charge >= 0.3 is 0 Å². The molecule has 0 radical (unpaired) electrons. The van der Waals surface area contributed by atoms with Gasteiger partial charge in [0.05, 0.1) is 16.2 Å². The van der Waals surface area contributed by atoms with E-state index in [4.69, 9.17) is 0 Å². The third-order valence-corrected chi connectivity index (χ3v) is 7.09. The van der Waals surface area contributed by atoms with Crippen molar-refractivity contribution in [3.05, 3.63) is 51.6 Å². The van der Waals surface area contributed by atoms with Crippen LogP contribution in [-0.4, -0.2) is 54.8 Å². The molecule has 2 saturated heterocycles. The number of pyridine rings is 1. The van der Waals surface area contributed by atoms with Gasteiger partial charge in [0.2, 0.25) is 6.93 Å². The number of alkyl halides is 4. The Morgan fingerprint density at radius 3 is 2.49 bits per heavy atom. The zero-order valence-electron chi connectivity index (χ0n) is 20.4. The van der Waals surface area contributed by atoms with E-state index in [9.17, 15) is 32.5 Å². The number of hydrogen-bond donors (Lipinski definition) is 1. The van der Waals surface area contributed by atoms with E-state index in [1.165, 1.54) is 24.6 Å². The van der Waals surface area contributed by atoms with Crippen LogP contribution in [0.3, 0.4) is 0 Å². The minimum Gasteiger partial charge on any atom is -0.370 e. The summed E-state index contributed by atoms with van der Waals surface area (Å²) < 4.78 is 46.4. The molecule has 12 heteroatoms. The predicted molar refractivity (Wildman–Crippen MR) is 132 cm³/mol. The van der Waals surface area contributed by atoms with Gasteiger partial charge in [-0.3, -0.25) is 14.9 Å². The van der Waals surface area contributed by atoms with Gasteiger partial charge in [0.1, 0.15) is 11.6 Å². The van der Waals surface area contributed by atoms with Gasteiger partial charge in [-0.1, -0.05) is 0 Å². The number of carbonyl (C=O) groups is 1. The molecule has 1 amide bonds. The van der Waals surface area contributed by atoms with E-state index >= 15 is 0 Å². The van der Waals surface area contributed by atoms with Crippen molar-refractivity contribution in [1.29, 1.82) is 0 Å². The van der Waals surface area contributed by atoms with E-state index in [1.54, 1.807) is 11.0 Å². The van der Waals surface area contributed by atoms with Crippen LogP contribution in [0.15, 0.2) is 30.3 Å². The molecule has 8 nitrogen and oxygen atoms in total. The van der Waals surface area contributed by atoms with Crippen molar-refractivity contribution in [1.82, 2.24) is 4.98 Å². The van der Waals surface area contributed by atoms with Gasteiger partial charge in [-0.2, -0.15) is 0 Å². The average molecular weight is 524 g/mol. The van der Waals surface area contributed by atoms with E-state index in [1.807, 2.05) is 13.0 Å². The number of amides is 1. The number of nitro benzene ring substituents is 1. The molecule has 3 aliphatic rings. The zero-order chi connectivity index (χ0) is 26.7. The highest BCUT2D eigenvalue weighted by molar-refractivity contribution is 6.08. The molecule has 2 aliphatic heterocycles. The molecule has 1 aromatic heterocycles. The van der Waals surface area contributed by atoms with Crippen molar-refractivity contribution in [2.24, 2.45) is 11.8 Å². The lowest BCUT2D eigenvalue weighted by atomic mass is 10.1. The highest BCUT2D eigenvalue weighted by Crippen LogP contribution is 2.46. The van der Waals surface area contributed by atoms with Crippen molar-refractivity contribution in [3.63, 3.8) is 0 Å². The predicted octanol–water partition coefficient (Wildman–Crippen LogP) is 5.52. The average Bonchev–Trinajstić information content (AvgIpc) is 3.62. The maximum Gasteiger partial charge on any atom is 0.271 e. The highest BCUT2D eigenvalue weighted by Gasteiger charge is 2.42. The number of hydrogen-bond acceptors (Lipinski definition) is 6. The second kappa shape index (κ2) is 10.9. The van der Waals surface area contributed by atoms with Gasteiger partial charge in [-0.15, -0.1) is 0 Å². The molecule has 2 aromatic rings. The first-order chi connectivity index (χ1) is 17.6. The number of nitrogens with one attached hydrogen (secondary N) is 1. The number of piperidine rings is 2. The first kappa shape index (κ1) is 26.6. The van der Waals surface area contributed by atoms with Gasteiger partial charge in [0.15, 0.2) is 0 Å². The Labute approximate surface area is 211 Å². The van der Waals surface area contributed by atoms with Crippen LogP contribution >= 0.6 is 0 Å². The fourth-order valence-electron chi connectivity index (χ4n) is 5.01. The number of benzene rings is 1. The number of halogens is 4.